The topological polar surface area (TPSA) is 17.1 Å². The van der Waals surface area contributed by atoms with Gasteiger partial charge in [0.05, 0.1) is 0 Å². The summed E-state index contributed by atoms with van der Waals surface area (Å²) in [5, 5.41) is 0. The van der Waals surface area contributed by atoms with Crippen LogP contribution >= 0.6 is 0 Å². The molecule has 1 aliphatic carbocycles. The van der Waals surface area contributed by atoms with E-state index < -0.39 is 0 Å². The van der Waals surface area contributed by atoms with Gasteiger partial charge < -0.3 is 0 Å². The van der Waals surface area contributed by atoms with Crippen molar-refractivity contribution in [3.05, 3.63) is 34.4 Å². The highest BCUT2D eigenvalue weighted by atomic mass is 16.1. The largest absolute Gasteiger partial charge is 0.294 e. The molecule has 68 valence electrons. The first-order valence-electron chi connectivity index (χ1n) is 4.82. The zero-order chi connectivity index (χ0) is 9.42. The van der Waals surface area contributed by atoms with Crippen LogP contribution in [0.25, 0.3) is 0 Å². The van der Waals surface area contributed by atoms with E-state index in [0.717, 1.165) is 24.8 Å². The van der Waals surface area contributed by atoms with Gasteiger partial charge in [0, 0.05) is 12.0 Å². The van der Waals surface area contributed by atoms with Gasteiger partial charge in [-0.3, -0.25) is 4.79 Å². The molecule has 0 bridgehead atoms. The lowest BCUT2D eigenvalue weighted by molar-refractivity contribution is 0.0972. The van der Waals surface area contributed by atoms with Gasteiger partial charge in [-0.15, -0.1) is 0 Å². The van der Waals surface area contributed by atoms with Crippen molar-refractivity contribution in [2.24, 2.45) is 0 Å². The molecule has 0 radical (unpaired) electrons. The first-order chi connectivity index (χ1) is 6.20. The molecule has 2 rings (SSSR count). The van der Waals surface area contributed by atoms with E-state index in [0.29, 0.717) is 5.78 Å². The van der Waals surface area contributed by atoms with Crippen LogP contribution in [0.1, 0.15) is 39.9 Å². The summed E-state index contributed by atoms with van der Waals surface area (Å²) >= 11 is 0. The van der Waals surface area contributed by atoms with E-state index in [4.69, 9.17) is 0 Å². The van der Waals surface area contributed by atoms with E-state index >= 15 is 0 Å². The van der Waals surface area contributed by atoms with Crippen LogP contribution in [-0.2, 0) is 6.42 Å². The van der Waals surface area contributed by atoms with Crippen LogP contribution in [0.2, 0.25) is 0 Å². The van der Waals surface area contributed by atoms with Gasteiger partial charge in [0.2, 0.25) is 0 Å². The molecule has 1 nitrogen and oxygen atoms in total. The molecule has 13 heavy (non-hydrogen) atoms. The van der Waals surface area contributed by atoms with E-state index in [2.05, 4.69) is 26.0 Å². The fourth-order valence-electron chi connectivity index (χ4n) is 2.03. The summed E-state index contributed by atoms with van der Waals surface area (Å²) in [6.45, 7) is 4.12. The molecule has 0 aromatic heterocycles. The number of ketones is 1. The monoisotopic (exact) mass is 174 g/mol. The van der Waals surface area contributed by atoms with Gasteiger partial charge in [-0.2, -0.15) is 0 Å². The Labute approximate surface area is 78.8 Å². The zero-order valence-electron chi connectivity index (χ0n) is 8.18. The predicted octanol–water partition coefficient (Wildman–Crippen LogP) is 2.82. The van der Waals surface area contributed by atoms with E-state index in [-0.39, 0.29) is 0 Å². The second-order valence-electron chi connectivity index (χ2n) is 3.82. The lowest BCUT2D eigenvalue weighted by Gasteiger charge is -2.17. The minimum atomic E-state index is 0.336. The number of carbonyl (C=O) groups is 1. The smallest absolute Gasteiger partial charge is 0.163 e. The maximum absolute atomic E-state index is 11.7. The van der Waals surface area contributed by atoms with E-state index in [1.807, 2.05) is 0 Å². The average Bonchev–Trinajstić information content (AvgIpc) is 2.12. The molecule has 0 atom stereocenters. The second kappa shape index (κ2) is 2.99. The Morgan fingerprint density at radius 2 is 1.92 bits per heavy atom. The van der Waals surface area contributed by atoms with Crippen molar-refractivity contribution in [3.8, 4) is 0 Å². The number of aryl methyl sites for hydroxylation is 2. The van der Waals surface area contributed by atoms with Gasteiger partial charge in [-0.25, -0.2) is 0 Å². The van der Waals surface area contributed by atoms with Crippen LogP contribution in [-0.4, -0.2) is 5.78 Å². The first kappa shape index (κ1) is 8.49. The lowest BCUT2D eigenvalue weighted by atomic mass is 9.86. The summed E-state index contributed by atoms with van der Waals surface area (Å²) in [6.07, 6.45) is 2.83. The Hall–Kier alpha value is -1.11. The van der Waals surface area contributed by atoms with Gasteiger partial charge in [-0.1, -0.05) is 12.1 Å². The zero-order valence-corrected chi connectivity index (χ0v) is 8.18. The molecule has 0 saturated carbocycles. The van der Waals surface area contributed by atoms with Crippen molar-refractivity contribution in [2.45, 2.75) is 33.1 Å². The summed E-state index contributed by atoms with van der Waals surface area (Å²) in [7, 11) is 0. The Morgan fingerprint density at radius 1 is 1.15 bits per heavy atom. The molecule has 0 heterocycles. The normalized spacial score (nSPS) is 15.7. The number of fused-ring (bicyclic) bond motifs is 1. The summed E-state index contributed by atoms with van der Waals surface area (Å²) in [5.41, 5.74) is 4.67. The van der Waals surface area contributed by atoms with Gasteiger partial charge >= 0.3 is 0 Å². The van der Waals surface area contributed by atoms with Crippen LogP contribution in [0, 0.1) is 13.8 Å². The number of benzene rings is 1. The highest BCUT2D eigenvalue weighted by Crippen LogP contribution is 2.25. The number of carbonyl (C=O) groups excluding carboxylic acids is 1. The van der Waals surface area contributed by atoms with Crippen molar-refractivity contribution < 1.29 is 4.79 Å². The molecule has 1 aromatic rings. The summed E-state index contributed by atoms with van der Waals surface area (Å²) < 4.78 is 0. The van der Waals surface area contributed by atoms with Crippen LogP contribution < -0.4 is 0 Å². The summed E-state index contributed by atoms with van der Waals surface area (Å²) in [6, 6.07) is 4.22. The van der Waals surface area contributed by atoms with Gasteiger partial charge in [0.1, 0.15) is 0 Å². The minimum Gasteiger partial charge on any atom is -0.294 e. The van der Waals surface area contributed by atoms with Crippen LogP contribution in [0.15, 0.2) is 12.1 Å². The molecule has 1 aliphatic rings. The Balaban J connectivity index is 2.65. The molecular formula is C12H14O. The molecule has 0 spiro atoms. The number of hydrogen-bond acceptors (Lipinski definition) is 1. The summed E-state index contributed by atoms with van der Waals surface area (Å²) in [5.74, 6) is 0.336. The molecule has 0 N–H and O–H groups in total. The predicted molar refractivity (Wildman–Crippen MR) is 53.2 cm³/mol. The van der Waals surface area contributed by atoms with Crippen LogP contribution in [0.5, 0.6) is 0 Å². The van der Waals surface area contributed by atoms with Gasteiger partial charge in [-0.05, 0) is 43.4 Å². The lowest BCUT2D eigenvalue weighted by Crippen LogP contribution is -2.13. The molecule has 0 amide bonds. The maximum Gasteiger partial charge on any atom is 0.163 e. The van der Waals surface area contributed by atoms with Crippen molar-refractivity contribution >= 4 is 5.78 Å². The third kappa shape index (κ3) is 1.28. The van der Waals surface area contributed by atoms with Crippen molar-refractivity contribution in [1.82, 2.24) is 0 Å². The average molecular weight is 174 g/mol. The number of Topliss-reactive ketones (excluding diaryl/α,β-unsaturated/α-hetero) is 1. The van der Waals surface area contributed by atoms with Crippen molar-refractivity contribution in [3.63, 3.8) is 0 Å². The third-order valence-corrected chi connectivity index (χ3v) is 2.95. The second-order valence-corrected chi connectivity index (χ2v) is 3.82. The fourth-order valence-corrected chi connectivity index (χ4v) is 2.03. The highest BCUT2D eigenvalue weighted by molar-refractivity contribution is 6.00. The molecule has 1 heteroatoms. The molecular weight excluding hydrogens is 160 g/mol. The van der Waals surface area contributed by atoms with Crippen LogP contribution in [0.3, 0.4) is 0 Å². The third-order valence-electron chi connectivity index (χ3n) is 2.95. The SMILES string of the molecule is Cc1ccc2c(c1C)C(=O)CCC2. The van der Waals surface area contributed by atoms with E-state index in [1.165, 1.54) is 16.7 Å². The van der Waals surface area contributed by atoms with Gasteiger partial charge in [0.25, 0.3) is 0 Å². The Bertz CT molecular complexity index is 364. The quantitative estimate of drug-likeness (QED) is 0.591. The minimum absolute atomic E-state index is 0.336. The summed E-state index contributed by atoms with van der Waals surface area (Å²) in [4.78, 5) is 11.7. The maximum atomic E-state index is 11.7. The van der Waals surface area contributed by atoms with Gasteiger partial charge in [0.15, 0.2) is 5.78 Å². The van der Waals surface area contributed by atoms with Crippen LogP contribution in [0.4, 0.5) is 0 Å². The first-order valence-corrected chi connectivity index (χ1v) is 4.82. The molecule has 1 aromatic carbocycles. The van der Waals surface area contributed by atoms with E-state index in [9.17, 15) is 4.79 Å². The molecule has 0 fully saturated rings. The Kier molecular flexibility index (Phi) is 1.95. The Morgan fingerprint density at radius 3 is 2.69 bits per heavy atom. The van der Waals surface area contributed by atoms with E-state index in [1.54, 1.807) is 0 Å². The standard InChI is InChI=1S/C12H14O/c1-8-6-7-10-4-3-5-11(13)12(10)9(8)2/h6-7H,3-5H2,1-2H3. The molecule has 0 aliphatic heterocycles. The molecule has 0 unspecified atom stereocenters. The van der Waals surface area contributed by atoms with Crippen molar-refractivity contribution in [2.75, 3.05) is 0 Å². The highest BCUT2D eigenvalue weighted by Gasteiger charge is 2.19. The number of hydrogen-bond donors (Lipinski definition) is 0. The number of rotatable bonds is 0. The fraction of sp³-hybridized carbons (Fsp3) is 0.417. The van der Waals surface area contributed by atoms with Crippen molar-refractivity contribution in [1.29, 1.82) is 0 Å². The molecule has 0 saturated heterocycles.